The van der Waals surface area contributed by atoms with Crippen LogP contribution in [0.15, 0.2) is 54.6 Å². The van der Waals surface area contributed by atoms with Crippen molar-refractivity contribution in [2.24, 2.45) is 0 Å². The van der Waals surface area contributed by atoms with E-state index in [4.69, 9.17) is 4.74 Å². The van der Waals surface area contributed by atoms with Crippen LogP contribution in [0.2, 0.25) is 0 Å². The zero-order chi connectivity index (χ0) is 20.8. The van der Waals surface area contributed by atoms with Crippen molar-refractivity contribution in [3.05, 3.63) is 71.3 Å². The van der Waals surface area contributed by atoms with Gasteiger partial charge in [0.15, 0.2) is 0 Å². The molecule has 8 heteroatoms. The molecule has 0 bridgehead atoms. The summed E-state index contributed by atoms with van der Waals surface area (Å²) < 4.78 is 5.07. The SMILES string of the molecule is O=C(NCCCC(C(=O)O)N1C(=O)c2ccccc2C1=O)OCc1ccccc1. The quantitative estimate of drug-likeness (QED) is 0.523. The van der Waals surface area contributed by atoms with Crippen molar-refractivity contribution < 1.29 is 29.0 Å². The molecule has 0 radical (unpaired) electrons. The molecule has 0 aromatic heterocycles. The first kappa shape index (κ1) is 20.1. The number of nitrogens with zero attached hydrogens (tertiary/aromatic N) is 1. The van der Waals surface area contributed by atoms with Gasteiger partial charge >= 0.3 is 12.1 Å². The molecule has 3 rings (SSSR count). The first-order chi connectivity index (χ1) is 14.0. The predicted molar refractivity (Wildman–Crippen MR) is 102 cm³/mol. The maximum atomic E-state index is 12.5. The van der Waals surface area contributed by atoms with Crippen LogP contribution >= 0.6 is 0 Å². The fourth-order valence-electron chi connectivity index (χ4n) is 3.11. The number of hydrogen-bond donors (Lipinski definition) is 2. The number of hydrogen-bond acceptors (Lipinski definition) is 5. The highest BCUT2D eigenvalue weighted by molar-refractivity contribution is 6.22. The van der Waals surface area contributed by atoms with Crippen LogP contribution in [0.5, 0.6) is 0 Å². The number of aliphatic carboxylic acids is 1. The molecule has 2 aromatic carbocycles. The lowest BCUT2D eigenvalue weighted by Crippen LogP contribution is -2.45. The zero-order valence-electron chi connectivity index (χ0n) is 15.5. The summed E-state index contributed by atoms with van der Waals surface area (Å²) in [5, 5.41) is 12.0. The molecule has 1 aliphatic rings. The predicted octanol–water partition coefficient (Wildman–Crippen LogP) is 2.44. The van der Waals surface area contributed by atoms with Crippen molar-refractivity contribution in [2.75, 3.05) is 6.54 Å². The van der Waals surface area contributed by atoms with E-state index in [-0.39, 0.29) is 37.1 Å². The highest BCUT2D eigenvalue weighted by atomic mass is 16.5. The second kappa shape index (κ2) is 9.01. The molecule has 0 fully saturated rings. The summed E-state index contributed by atoms with van der Waals surface area (Å²) in [6.07, 6.45) is -0.355. The molecule has 1 heterocycles. The van der Waals surface area contributed by atoms with Crippen molar-refractivity contribution in [2.45, 2.75) is 25.5 Å². The highest BCUT2D eigenvalue weighted by Gasteiger charge is 2.42. The summed E-state index contributed by atoms with van der Waals surface area (Å²) in [5.74, 6) is -2.51. The average Bonchev–Trinajstić information content (AvgIpc) is 2.98. The molecule has 8 nitrogen and oxygen atoms in total. The second-order valence-corrected chi connectivity index (χ2v) is 6.51. The molecule has 29 heavy (non-hydrogen) atoms. The lowest BCUT2D eigenvalue weighted by Gasteiger charge is -2.22. The summed E-state index contributed by atoms with van der Waals surface area (Å²) in [6, 6.07) is 14.1. The number of rotatable bonds is 8. The minimum atomic E-state index is -1.30. The van der Waals surface area contributed by atoms with Crippen molar-refractivity contribution in [3.8, 4) is 0 Å². The normalized spacial score (nSPS) is 13.7. The van der Waals surface area contributed by atoms with Crippen molar-refractivity contribution in [1.29, 1.82) is 0 Å². The fourth-order valence-corrected chi connectivity index (χ4v) is 3.11. The number of fused-ring (bicyclic) bond motifs is 1. The van der Waals surface area contributed by atoms with E-state index < -0.39 is 29.9 Å². The number of carboxylic acids is 1. The Morgan fingerprint density at radius 3 is 2.14 bits per heavy atom. The van der Waals surface area contributed by atoms with Crippen molar-refractivity contribution >= 4 is 23.9 Å². The van der Waals surface area contributed by atoms with Gasteiger partial charge in [-0.3, -0.25) is 14.5 Å². The van der Waals surface area contributed by atoms with Gasteiger partial charge in [-0.25, -0.2) is 9.59 Å². The van der Waals surface area contributed by atoms with Gasteiger partial charge in [0.1, 0.15) is 12.6 Å². The van der Waals surface area contributed by atoms with Gasteiger partial charge in [-0.05, 0) is 30.5 Å². The van der Waals surface area contributed by atoms with Gasteiger partial charge in [0, 0.05) is 6.54 Å². The molecule has 2 aromatic rings. The van der Waals surface area contributed by atoms with Gasteiger partial charge in [0.2, 0.25) is 0 Å². The topological polar surface area (TPSA) is 113 Å². The lowest BCUT2D eigenvalue weighted by atomic mass is 10.1. The Balaban J connectivity index is 1.49. The molecule has 0 aliphatic carbocycles. The first-order valence-electron chi connectivity index (χ1n) is 9.13. The molecule has 0 saturated carbocycles. The van der Waals surface area contributed by atoms with E-state index in [1.165, 1.54) is 12.1 Å². The molecule has 0 spiro atoms. The van der Waals surface area contributed by atoms with E-state index in [1.807, 2.05) is 30.3 Å². The molecular weight excluding hydrogens is 376 g/mol. The Morgan fingerprint density at radius 2 is 1.55 bits per heavy atom. The number of imide groups is 1. The Hall–Kier alpha value is -3.68. The first-order valence-corrected chi connectivity index (χ1v) is 9.13. The molecule has 1 aliphatic heterocycles. The van der Waals surface area contributed by atoms with Crippen LogP contribution < -0.4 is 5.32 Å². The highest BCUT2D eigenvalue weighted by Crippen LogP contribution is 2.26. The molecule has 150 valence electrons. The van der Waals surface area contributed by atoms with Crippen LogP contribution in [-0.2, 0) is 16.1 Å². The van der Waals surface area contributed by atoms with E-state index in [0.717, 1.165) is 10.5 Å². The van der Waals surface area contributed by atoms with E-state index in [2.05, 4.69) is 5.32 Å². The summed E-state index contributed by atoms with van der Waals surface area (Å²) >= 11 is 0. The Labute approximate surface area is 167 Å². The van der Waals surface area contributed by atoms with E-state index in [1.54, 1.807) is 12.1 Å². The Morgan fingerprint density at radius 1 is 0.966 bits per heavy atom. The lowest BCUT2D eigenvalue weighted by molar-refractivity contribution is -0.141. The van der Waals surface area contributed by atoms with Gasteiger partial charge in [-0.1, -0.05) is 42.5 Å². The van der Waals surface area contributed by atoms with E-state index >= 15 is 0 Å². The summed E-state index contributed by atoms with van der Waals surface area (Å²) in [6.45, 7) is 0.278. The summed E-state index contributed by atoms with van der Waals surface area (Å²) in [7, 11) is 0. The van der Waals surface area contributed by atoms with E-state index in [0.29, 0.717) is 0 Å². The van der Waals surface area contributed by atoms with Gasteiger partial charge in [-0.2, -0.15) is 0 Å². The van der Waals surface area contributed by atoms with Gasteiger partial charge in [0.05, 0.1) is 11.1 Å². The smallest absolute Gasteiger partial charge is 0.407 e. The van der Waals surface area contributed by atoms with Gasteiger partial charge in [0.25, 0.3) is 11.8 Å². The average molecular weight is 396 g/mol. The monoisotopic (exact) mass is 396 g/mol. The summed E-state index contributed by atoms with van der Waals surface area (Å²) in [4.78, 5) is 49.1. The minimum absolute atomic E-state index is 0.0137. The van der Waals surface area contributed by atoms with Crippen LogP contribution in [-0.4, -0.2) is 46.5 Å². The number of nitrogens with one attached hydrogen (secondary N) is 1. The number of alkyl carbamates (subject to hydrolysis) is 1. The van der Waals surface area contributed by atoms with Gasteiger partial charge < -0.3 is 15.2 Å². The zero-order valence-corrected chi connectivity index (χ0v) is 15.5. The van der Waals surface area contributed by atoms with Crippen molar-refractivity contribution in [1.82, 2.24) is 10.2 Å². The molecule has 2 N–H and O–H groups in total. The number of amides is 3. The Kier molecular flexibility index (Phi) is 6.23. The number of carboxylic acid groups (broad SMARTS) is 1. The van der Waals surface area contributed by atoms with Crippen LogP contribution in [0.25, 0.3) is 0 Å². The minimum Gasteiger partial charge on any atom is -0.480 e. The molecule has 1 unspecified atom stereocenters. The number of carbonyl (C=O) groups is 4. The number of carbonyl (C=O) groups excluding carboxylic acids is 3. The third kappa shape index (κ3) is 4.60. The molecule has 3 amide bonds. The van der Waals surface area contributed by atoms with Crippen LogP contribution in [0.3, 0.4) is 0 Å². The standard InChI is InChI=1S/C21H20N2O6/c24-18-15-9-4-5-10-16(15)19(25)23(18)17(20(26)27)11-6-12-22-21(28)29-13-14-7-2-1-3-8-14/h1-5,7-10,17H,6,11-13H2,(H,22,28)(H,26,27). The van der Waals surface area contributed by atoms with Crippen LogP contribution in [0.4, 0.5) is 4.79 Å². The maximum Gasteiger partial charge on any atom is 0.407 e. The van der Waals surface area contributed by atoms with Crippen LogP contribution in [0, 0.1) is 0 Å². The maximum absolute atomic E-state index is 12.5. The van der Waals surface area contributed by atoms with Gasteiger partial charge in [-0.15, -0.1) is 0 Å². The fraction of sp³-hybridized carbons (Fsp3) is 0.238. The molecule has 0 saturated heterocycles. The molecule has 1 atom stereocenters. The van der Waals surface area contributed by atoms with Crippen LogP contribution in [0.1, 0.15) is 39.1 Å². The summed E-state index contributed by atoms with van der Waals surface area (Å²) in [5.41, 5.74) is 1.25. The number of benzene rings is 2. The Bertz CT molecular complexity index is 893. The second-order valence-electron chi connectivity index (χ2n) is 6.51. The largest absolute Gasteiger partial charge is 0.480 e. The third-order valence-corrected chi connectivity index (χ3v) is 4.56. The van der Waals surface area contributed by atoms with Crippen molar-refractivity contribution in [3.63, 3.8) is 0 Å². The number of ether oxygens (including phenoxy) is 1. The van der Waals surface area contributed by atoms with E-state index in [9.17, 15) is 24.3 Å². The third-order valence-electron chi connectivity index (χ3n) is 4.56. The molecular formula is C21H20N2O6.